The molecular formula is C33H44Cl2F3NO. The molecule has 7 heteroatoms. The fourth-order valence-corrected chi connectivity index (χ4v) is 3.47. The standard InChI is InChI=1S/C8H11N.C8H16.2C7H7Cl.C3H3F3O/c1-7-2-4-8(6-9)5-3-7;1-7-3-5-8(2)6-4-7;2*1-6-2-4-7(8)5-3-6;1-2(7)3(4,5)6/h2-5H,6,9H2,1H3;7-8H,3-6H2,1-2H3;2*2-5H,1H3;7H,1H2. The molecule has 222 valence electrons. The molecule has 0 atom stereocenters. The van der Waals surface area contributed by atoms with Gasteiger partial charge in [-0.3, -0.25) is 0 Å². The molecule has 4 rings (SSSR count). The first kappa shape index (κ1) is 37.5. The predicted molar refractivity (Wildman–Crippen MR) is 166 cm³/mol. The Morgan fingerprint density at radius 1 is 0.725 bits per heavy atom. The van der Waals surface area contributed by atoms with Gasteiger partial charge in [0, 0.05) is 16.6 Å². The zero-order valence-corrected chi connectivity index (χ0v) is 25.8. The number of hydrogen-bond acceptors (Lipinski definition) is 2. The molecule has 1 aliphatic carbocycles. The predicted octanol–water partition coefficient (Wildman–Crippen LogP) is 11.2. The van der Waals surface area contributed by atoms with Gasteiger partial charge in [-0.05, 0) is 62.4 Å². The maximum absolute atomic E-state index is 10.8. The van der Waals surface area contributed by atoms with E-state index in [1.54, 1.807) is 0 Å². The van der Waals surface area contributed by atoms with Gasteiger partial charge < -0.3 is 10.8 Å². The lowest BCUT2D eigenvalue weighted by Gasteiger charge is -2.22. The monoisotopic (exact) mass is 597 g/mol. The van der Waals surface area contributed by atoms with E-state index in [1.807, 2.05) is 62.4 Å². The van der Waals surface area contributed by atoms with Crippen LogP contribution in [0.5, 0.6) is 0 Å². The molecule has 1 fully saturated rings. The van der Waals surface area contributed by atoms with Gasteiger partial charge in [-0.15, -0.1) is 0 Å². The number of allylic oxidation sites excluding steroid dienone is 1. The third-order valence-corrected chi connectivity index (χ3v) is 6.51. The summed E-state index contributed by atoms with van der Waals surface area (Å²) in [7, 11) is 0. The fourth-order valence-electron chi connectivity index (χ4n) is 3.22. The zero-order chi connectivity index (χ0) is 30.7. The van der Waals surface area contributed by atoms with Crippen LogP contribution >= 0.6 is 23.2 Å². The van der Waals surface area contributed by atoms with Gasteiger partial charge in [-0.1, -0.05) is 135 Å². The quantitative estimate of drug-likeness (QED) is 0.274. The van der Waals surface area contributed by atoms with Gasteiger partial charge in [0.25, 0.3) is 0 Å². The molecule has 0 amide bonds. The van der Waals surface area contributed by atoms with Gasteiger partial charge in [-0.2, -0.15) is 13.2 Å². The molecule has 0 heterocycles. The van der Waals surface area contributed by atoms with Crippen molar-refractivity contribution in [3.8, 4) is 0 Å². The highest BCUT2D eigenvalue weighted by Gasteiger charge is 2.31. The molecule has 0 bridgehead atoms. The number of alkyl halides is 3. The Bertz CT molecular complexity index is 963. The smallest absolute Gasteiger partial charge is 0.448 e. The summed E-state index contributed by atoms with van der Waals surface area (Å²) in [6.45, 7) is 13.8. The van der Waals surface area contributed by atoms with Crippen LogP contribution in [0.2, 0.25) is 10.0 Å². The first-order valence-electron chi connectivity index (χ1n) is 13.3. The highest BCUT2D eigenvalue weighted by Crippen LogP contribution is 2.27. The molecule has 0 aliphatic heterocycles. The van der Waals surface area contributed by atoms with E-state index >= 15 is 0 Å². The normalized spacial score (nSPS) is 15.8. The number of hydrogen-bond donors (Lipinski definition) is 2. The molecule has 40 heavy (non-hydrogen) atoms. The molecule has 0 spiro atoms. The van der Waals surface area contributed by atoms with Gasteiger partial charge in [0.15, 0.2) is 5.76 Å². The minimum Gasteiger partial charge on any atom is -0.505 e. The molecule has 3 aromatic rings. The zero-order valence-electron chi connectivity index (χ0n) is 24.2. The first-order valence-corrected chi connectivity index (χ1v) is 14.0. The number of rotatable bonds is 1. The second-order valence-corrected chi connectivity index (χ2v) is 11.0. The second kappa shape index (κ2) is 20.4. The molecule has 2 nitrogen and oxygen atoms in total. The van der Waals surface area contributed by atoms with E-state index < -0.39 is 11.9 Å². The Morgan fingerprint density at radius 2 is 0.975 bits per heavy atom. The average Bonchev–Trinajstić information content (AvgIpc) is 2.91. The molecule has 0 saturated heterocycles. The van der Waals surface area contributed by atoms with E-state index in [0.29, 0.717) is 6.54 Å². The molecule has 3 N–H and O–H groups in total. The van der Waals surface area contributed by atoms with Gasteiger partial charge in [0.1, 0.15) is 0 Å². The van der Waals surface area contributed by atoms with E-state index in [0.717, 1.165) is 21.9 Å². The summed E-state index contributed by atoms with van der Waals surface area (Å²) < 4.78 is 32.5. The highest BCUT2D eigenvalue weighted by atomic mass is 35.5. The Kier molecular flexibility index (Phi) is 19.2. The molecule has 3 aromatic carbocycles. The van der Waals surface area contributed by atoms with Crippen LogP contribution in [0.1, 0.15) is 61.8 Å². The summed E-state index contributed by atoms with van der Waals surface area (Å²) in [5.41, 5.74) is 10.4. The fraction of sp³-hybridized carbons (Fsp3) is 0.394. The van der Waals surface area contributed by atoms with Crippen LogP contribution in [-0.4, -0.2) is 11.3 Å². The SMILES string of the molecule is C=C(O)C(F)(F)F.CC1CCC(C)CC1.Cc1ccc(CN)cc1.Cc1ccc(Cl)cc1.Cc1ccc(Cl)cc1. The third-order valence-electron chi connectivity index (χ3n) is 6.01. The van der Waals surface area contributed by atoms with Gasteiger partial charge in [0.05, 0.1) is 0 Å². The molecule has 1 saturated carbocycles. The van der Waals surface area contributed by atoms with Gasteiger partial charge in [0.2, 0.25) is 0 Å². The van der Waals surface area contributed by atoms with Crippen LogP contribution in [-0.2, 0) is 6.54 Å². The number of aryl methyl sites for hydroxylation is 3. The van der Waals surface area contributed by atoms with Crippen molar-refractivity contribution >= 4 is 23.2 Å². The lowest BCUT2D eigenvalue weighted by Crippen LogP contribution is -2.09. The molecule has 0 radical (unpaired) electrons. The van der Waals surface area contributed by atoms with Crippen molar-refractivity contribution in [3.63, 3.8) is 0 Å². The maximum Gasteiger partial charge on any atom is 0.448 e. The van der Waals surface area contributed by atoms with Crippen molar-refractivity contribution in [2.75, 3.05) is 0 Å². The summed E-state index contributed by atoms with van der Waals surface area (Å²) >= 11 is 11.2. The molecular weight excluding hydrogens is 554 g/mol. The van der Waals surface area contributed by atoms with E-state index in [9.17, 15) is 13.2 Å². The van der Waals surface area contributed by atoms with E-state index in [-0.39, 0.29) is 0 Å². The van der Waals surface area contributed by atoms with E-state index in [4.69, 9.17) is 34.0 Å². The van der Waals surface area contributed by atoms with E-state index in [2.05, 4.69) is 51.6 Å². The van der Waals surface area contributed by atoms with Crippen molar-refractivity contribution in [1.29, 1.82) is 0 Å². The minimum absolute atomic E-state index is 0.639. The number of nitrogens with two attached hydrogens (primary N) is 1. The number of aliphatic hydroxyl groups excluding tert-OH is 1. The van der Waals surface area contributed by atoms with Crippen LogP contribution in [0.25, 0.3) is 0 Å². The molecule has 0 unspecified atom stereocenters. The largest absolute Gasteiger partial charge is 0.505 e. The van der Waals surface area contributed by atoms with Crippen LogP contribution in [0.3, 0.4) is 0 Å². The Hall–Kier alpha value is -2.47. The van der Waals surface area contributed by atoms with Crippen LogP contribution in [0, 0.1) is 32.6 Å². The van der Waals surface area contributed by atoms with Crippen LogP contribution in [0.15, 0.2) is 85.1 Å². The average molecular weight is 599 g/mol. The summed E-state index contributed by atoms with van der Waals surface area (Å²) in [6, 6.07) is 23.7. The Balaban J connectivity index is 0.000000477. The summed E-state index contributed by atoms with van der Waals surface area (Å²) in [5, 5.41) is 9.17. The van der Waals surface area contributed by atoms with Crippen LogP contribution in [0.4, 0.5) is 13.2 Å². The third kappa shape index (κ3) is 20.4. The second-order valence-electron chi connectivity index (χ2n) is 10.1. The summed E-state index contributed by atoms with van der Waals surface area (Å²) in [5.74, 6) is 0.282. The number of benzene rings is 3. The lowest BCUT2D eigenvalue weighted by atomic mass is 9.84. The van der Waals surface area contributed by atoms with Crippen LogP contribution < -0.4 is 5.73 Å². The van der Waals surface area contributed by atoms with Gasteiger partial charge in [-0.25, -0.2) is 0 Å². The number of halogens is 5. The first-order chi connectivity index (χ1) is 18.6. The van der Waals surface area contributed by atoms with Crippen molar-refractivity contribution < 1.29 is 18.3 Å². The Labute approximate surface area is 249 Å². The molecule has 1 aliphatic rings. The topological polar surface area (TPSA) is 46.2 Å². The molecule has 0 aromatic heterocycles. The van der Waals surface area contributed by atoms with E-state index in [1.165, 1.54) is 47.9 Å². The van der Waals surface area contributed by atoms with Crippen molar-refractivity contribution in [3.05, 3.63) is 117 Å². The number of aliphatic hydroxyl groups is 1. The van der Waals surface area contributed by atoms with Crippen molar-refractivity contribution in [1.82, 2.24) is 0 Å². The summed E-state index contributed by atoms with van der Waals surface area (Å²) in [4.78, 5) is 0. The van der Waals surface area contributed by atoms with Crippen molar-refractivity contribution in [2.45, 2.75) is 73.0 Å². The summed E-state index contributed by atoms with van der Waals surface area (Å²) in [6.07, 6.45) is 1.25. The van der Waals surface area contributed by atoms with Crippen molar-refractivity contribution in [2.24, 2.45) is 17.6 Å². The highest BCUT2D eigenvalue weighted by molar-refractivity contribution is 6.30. The minimum atomic E-state index is -4.64. The van der Waals surface area contributed by atoms with Gasteiger partial charge >= 0.3 is 6.18 Å². The Morgan fingerprint density at radius 3 is 1.18 bits per heavy atom. The maximum atomic E-state index is 10.8. The lowest BCUT2D eigenvalue weighted by molar-refractivity contribution is -0.119.